The summed E-state index contributed by atoms with van der Waals surface area (Å²) in [4.78, 5) is 6.78. The van der Waals surface area contributed by atoms with Gasteiger partial charge in [-0.2, -0.15) is 0 Å². The van der Waals surface area contributed by atoms with Gasteiger partial charge in [0.1, 0.15) is 0 Å². The lowest BCUT2D eigenvalue weighted by atomic mass is 10.0. The molecule has 0 amide bonds. The Labute approximate surface area is 114 Å². The number of rotatable bonds is 3. The summed E-state index contributed by atoms with van der Waals surface area (Å²) in [6.45, 7) is 4.14. The van der Waals surface area contributed by atoms with Crippen LogP contribution in [0.15, 0.2) is 54.9 Å². The molecule has 1 aromatic carbocycles. The molecule has 1 fully saturated rings. The predicted octanol–water partition coefficient (Wildman–Crippen LogP) is 2.23. The maximum Gasteiger partial charge on any atom is 0.0491 e. The minimum Gasteiger partial charge on any atom is -0.314 e. The smallest absolute Gasteiger partial charge is 0.0491 e. The zero-order valence-corrected chi connectivity index (χ0v) is 11.0. The third kappa shape index (κ3) is 3.00. The summed E-state index contributed by atoms with van der Waals surface area (Å²) in [5, 5.41) is 3.48. The van der Waals surface area contributed by atoms with E-state index in [-0.39, 0.29) is 0 Å². The lowest BCUT2D eigenvalue weighted by Gasteiger charge is -2.36. The molecule has 0 spiro atoms. The van der Waals surface area contributed by atoms with Crippen LogP contribution in [0.5, 0.6) is 0 Å². The first-order valence-corrected chi connectivity index (χ1v) is 6.82. The maximum absolute atomic E-state index is 4.25. The molecule has 2 aromatic rings. The summed E-state index contributed by atoms with van der Waals surface area (Å²) in [7, 11) is 0. The molecule has 1 aliphatic rings. The molecule has 0 bridgehead atoms. The minimum absolute atomic E-state index is 0.419. The number of pyridine rings is 1. The van der Waals surface area contributed by atoms with Gasteiger partial charge < -0.3 is 5.32 Å². The first-order valence-electron chi connectivity index (χ1n) is 6.82. The highest BCUT2D eigenvalue weighted by Gasteiger charge is 2.23. The molecule has 1 N–H and O–H groups in total. The Morgan fingerprint density at radius 1 is 1.16 bits per heavy atom. The average molecular weight is 253 g/mol. The van der Waals surface area contributed by atoms with E-state index in [0.29, 0.717) is 6.04 Å². The highest BCUT2D eigenvalue weighted by atomic mass is 15.2. The first kappa shape index (κ1) is 12.3. The monoisotopic (exact) mass is 253 g/mol. The normalized spacial score (nSPS) is 20.3. The number of piperazine rings is 1. The third-order valence-corrected chi connectivity index (χ3v) is 3.65. The maximum atomic E-state index is 4.25. The Bertz CT molecular complexity index is 498. The summed E-state index contributed by atoms with van der Waals surface area (Å²) in [6, 6.07) is 15.3. The number of hydrogen-bond donors (Lipinski definition) is 1. The van der Waals surface area contributed by atoms with Gasteiger partial charge in [-0.05, 0) is 17.2 Å². The molecule has 3 heteroatoms. The molecule has 1 saturated heterocycles. The topological polar surface area (TPSA) is 28.2 Å². The number of hydrogen-bond acceptors (Lipinski definition) is 3. The van der Waals surface area contributed by atoms with Crippen LogP contribution in [0.4, 0.5) is 0 Å². The fraction of sp³-hybridized carbons (Fsp3) is 0.312. The Balaban J connectivity index is 1.78. The van der Waals surface area contributed by atoms with Gasteiger partial charge in [-0.15, -0.1) is 0 Å². The van der Waals surface area contributed by atoms with Crippen molar-refractivity contribution in [2.75, 3.05) is 19.6 Å². The van der Waals surface area contributed by atoms with Crippen molar-refractivity contribution in [1.29, 1.82) is 0 Å². The van der Waals surface area contributed by atoms with Crippen molar-refractivity contribution in [2.45, 2.75) is 12.6 Å². The van der Waals surface area contributed by atoms with Crippen molar-refractivity contribution >= 4 is 0 Å². The van der Waals surface area contributed by atoms with E-state index in [0.717, 1.165) is 26.2 Å². The van der Waals surface area contributed by atoms with Crippen LogP contribution >= 0.6 is 0 Å². The van der Waals surface area contributed by atoms with Gasteiger partial charge in [0.2, 0.25) is 0 Å². The van der Waals surface area contributed by atoms with Gasteiger partial charge in [0, 0.05) is 44.6 Å². The van der Waals surface area contributed by atoms with E-state index < -0.39 is 0 Å². The molecule has 0 saturated carbocycles. The molecule has 1 aliphatic heterocycles. The number of nitrogens with one attached hydrogen (secondary N) is 1. The lowest BCUT2D eigenvalue weighted by molar-refractivity contribution is 0.153. The van der Waals surface area contributed by atoms with Crippen molar-refractivity contribution in [3.05, 3.63) is 66.0 Å². The molecule has 3 rings (SSSR count). The standard InChI is InChI=1S/C16H19N3/c1-2-5-14(6-3-1)13-19-10-9-18-12-16(19)15-7-4-8-17-11-15/h1-8,11,16,18H,9-10,12-13H2. The summed E-state index contributed by atoms with van der Waals surface area (Å²) in [5.74, 6) is 0. The van der Waals surface area contributed by atoms with E-state index in [1.807, 2.05) is 18.5 Å². The zero-order chi connectivity index (χ0) is 12.9. The van der Waals surface area contributed by atoms with Crippen LogP contribution in [0.2, 0.25) is 0 Å². The third-order valence-electron chi connectivity index (χ3n) is 3.65. The molecule has 0 radical (unpaired) electrons. The van der Waals surface area contributed by atoms with E-state index in [1.54, 1.807) is 0 Å². The number of benzene rings is 1. The van der Waals surface area contributed by atoms with Crippen molar-refractivity contribution < 1.29 is 0 Å². The van der Waals surface area contributed by atoms with Crippen LogP contribution in [0.1, 0.15) is 17.2 Å². The van der Waals surface area contributed by atoms with Crippen molar-refractivity contribution in [2.24, 2.45) is 0 Å². The van der Waals surface area contributed by atoms with E-state index in [2.05, 4.69) is 51.6 Å². The second-order valence-electron chi connectivity index (χ2n) is 4.96. The van der Waals surface area contributed by atoms with E-state index in [1.165, 1.54) is 11.1 Å². The van der Waals surface area contributed by atoms with Crippen LogP contribution in [0, 0.1) is 0 Å². The van der Waals surface area contributed by atoms with Crippen LogP contribution in [0.3, 0.4) is 0 Å². The fourth-order valence-corrected chi connectivity index (χ4v) is 2.66. The molecule has 19 heavy (non-hydrogen) atoms. The van der Waals surface area contributed by atoms with Gasteiger partial charge in [0.15, 0.2) is 0 Å². The average Bonchev–Trinajstić information content (AvgIpc) is 2.50. The van der Waals surface area contributed by atoms with Crippen LogP contribution in [-0.4, -0.2) is 29.5 Å². The largest absolute Gasteiger partial charge is 0.314 e. The Hall–Kier alpha value is -1.71. The summed E-state index contributed by atoms with van der Waals surface area (Å²) in [5.41, 5.74) is 2.67. The highest BCUT2D eigenvalue weighted by molar-refractivity contribution is 5.18. The molecule has 1 atom stereocenters. The number of nitrogens with zero attached hydrogens (tertiary/aromatic N) is 2. The van der Waals surface area contributed by atoms with Crippen LogP contribution in [-0.2, 0) is 6.54 Å². The second-order valence-corrected chi connectivity index (χ2v) is 4.96. The zero-order valence-electron chi connectivity index (χ0n) is 11.0. The molecule has 0 aliphatic carbocycles. The molecule has 1 unspecified atom stereocenters. The second kappa shape index (κ2) is 5.95. The van der Waals surface area contributed by atoms with Crippen molar-refractivity contribution in [3.8, 4) is 0 Å². The van der Waals surface area contributed by atoms with E-state index in [9.17, 15) is 0 Å². The lowest BCUT2D eigenvalue weighted by Crippen LogP contribution is -2.45. The van der Waals surface area contributed by atoms with Gasteiger partial charge in [0.25, 0.3) is 0 Å². The predicted molar refractivity (Wildman–Crippen MR) is 76.7 cm³/mol. The van der Waals surface area contributed by atoms with E-state index in [4.69, 9.17) is 0 Å². The van der Waals surface area contributed by atoms with Gasteiger partial charge in [0.05, 0.1) is 0 Å². The molecule has 1 aromatic heterocycles. The van der Waals surface area contributed by atoms with Gasteiger partial charge in [-0.25, -0.2) is 0 Å². The summed E-state index contributed by atoms with van der Waals surface area (Å²) >= 11 is 0. The Morgan fingerprint density at radius 3 is 2.84 bits per heavy atom. The van der Waals surface area contributed by atoms with Crippen LogP contribution < -0.4 is 5.32 Å². The quantitative estimate of drug-likeness (QED) is 0.909. The van der Waals surface area contributed by atoms with Gasteiger partial charge >= 0.3 is 0 Å². The highest BCUT2D eigenvalue weighted by Crippen LogP contribution is 2.23. The Morgan fingerprint density at radius 2 is 2.05 bits per heavy atom. The molecule has 98 valence electrons. The summed E-state index contributed by atoms with van der Waals surface area (Å²) < 4.78 is 0. The Kier molecular flexibility index (Phi) is 3.86. The van der Waals surface area contributed by atoms with Crippen molar-refractivity contribution in [3.63, 3.8) is 0 Å². The van der Waals surface area contributed by atoms with Crippen LogP contribution in [0.25, 0.3) is 0 Å². The van der Waals surface area contributed by atoms with E-state index >= 15 is 0 Å². The molecular weight excluding hydrogens is 234 g/mol. The molecule has 3 nitrogen and oxygen atoms in total. The fourth-order valence-electron chi connectivity index (χ4n) is 2.66. The SMILES string of the molecule is c1ccc(CN2CCNCC2c2cccnc2)cc1. The first-order chi connectivity index (χ1) is 9.43. The van der Waals surface area contributed by atoms with Crippen molar-refractivity contribution in [1.82, 2.24) is 15.2 Å². The number of aromatic nitrogens is 1. The van der Waals surface area contributed by atoms with Gasteiger partial charge in [-0.1, -0.05) is 36.4 Å². The molecule has 2 heterocycles. The molecular formula is C16H19N3. The van der Waals surface area contributed by atoms with Gasteiger partial charge in [-0.3, -0.25) is 9.88 Å². The summed E-state index contributed by atoms with van der Waals surface area (Å²) in [6.07, 6.45) is 3.82. The minimum atomic E-state index is 0.419.